The van der Waals surface area contributed by atoms with Crippen LogP contribution < -0.4 is 9.50 Å². The van der Waals surface area contributed by atoms with E-state index in [2.05, 4.69) is 33.0 Å². The predicted octanol–water partition coefficient (Wildman–Crippen LogP) is 6.49. The van der Waals surface area contributed by atoms with Gasteiger partial charge in [0.05, 0.1) is 18.6 Å². The number of carbonyl (C=O) groups is 1. The van der Waals surface area contributed by atoms with E-state index in [0.29, 0.717) is 12.3 Å². The predicted molar refractivity (Wildman–Crippen MR) is 138 cm³/mol. The lowest BCUT2D eigenvalue weighted by Gasteiger charge is -2.26. The van der Waals surface area contributed by atoms with Crippen molar-refractivity contribution >= 4 is 21.8 Å². The normalized spacial score (nSPS) is 11.6. The monoisotopic (exact) mass is 498 g/mol. The van der Waals surface area contributed by atoms with Crippen molar-refractivity contribution in [1.82, 2.24) is 4.90 Å². The van der Waals surface area contributed by atoms with E-state index in [1.54, 1.807) is 41.5 Å². The first-order valence-electron chi connectivity index (χ1n) is 11.8. The zero-order valence-corrected chi connectivity index (χ0v) is 21.8. The van der Waals surface area contributed by atoms with Gasteiger partial charge >= 0.3 is 16.1 Å². The largest absolute Gasteiger partial charge is 0.467 e. The van der Waals surface area contributed by atoms with Crippen molar-refractivity contribution in [2.45, 2.75) is 59.5 Å². The van der Waals surface area contributed by atoms with Crippen LogP contribution in [0.3, 0.4) is 0 Å². The number of nitrogens with one attached hydrogen (secondary N) is 1. The molecule has 0 unspecified atom stereocenters. The summed E-state index contributed by atoms with van der Waals surface area (Å²) in [5, 5.41) is 3.17. The summed E-state index contributed by atoms with van der Waals surface area (Å²) in [5.41, 5.74) is 3.84. The highest BCUT2D eigenvalue weighted by Gasteiger charge is 2.21. The molecular formula is C27H34N2O5S. The lowest BCUT2D eigenvalue weighted by Crippen LogP contribution is -2.34. The smallest absolute Gasteiger partial charge is 0.322 e. The molecule has 0 fully saturated rings. The molecule has 0 saturated heterocycles. The molecule has 1 aromatic heterocycles. The van der Waals surface area contributed by atoms with Gasteiger partial charge < -0.3 is 18.8 Å². The maximum absolute atomic E-state index is 13.6. The highest BCUT2D eigenvalue weighted by Crippen LogP contribution is 2.33. The summed E-state index contributed by atoms with van der Waals surface area (Å²) >= 11 is 0. The molecule has 0 spiro atoms. The molecule has 2 amide bonds. The molecular weight excluding hydrogens is 464 g/mol. The highest BCUT2D eigenvalue weighted by atomic mass is 32.2. The van der Waals surface area contributed by atoms with Crippen molar-refractivity contribution < 1.29 is 21.8 Å². The van der Waals surface area contributed by atoms with Gasteiger partial charge in [-0.3, -0.25) is 0 Å². The molecule has 0 aliphatic heterocycles. The standard InChI is InChI=1S/C27H34N2O5S/c1-6-35(31,32)34-22-14-12-21(13-15-22)17-29(18-23-9-8-16-33-23)27(30)28-26-24(19(2)3)10-7-11-25(26)20(4)5/h7-16,19-20H,6,17-18H2,1-5H3,(H,28,30). The molecule has 3 rings (SSSR count). The average molecular weight is 499 g/mol. The van der Waals surface area contributed by atoms with E-state index in [9.17, 15) is 13.2 Å². The van der Waals surface area contributed by atoms with Gasteiger partial charge in [0.15, 0.2) is 0 Å². The van der Waals surface area contributed by atoms with Gasteiger partial charge in [0.25, 0.3) is 0 Å². The molecule has 8 heteroatoms. The second-order valence-electron chi connectivity index (χ2n) is 9.06. The first-order valence-corrected chi connectivity index (χ1v) is 13.4. The zero-order valence-electron chi connectivity index (χ0n) is 20.9. The molecule has 0 bridgehead atoms. The fraction of sp³-hybridized carbons (Fsp3) is 0.370. The van der Waals surface area contributed by atoms with Gasteiger partial charge in [-0.2, -0.15) is 8.42 Å². The molecule has 1 heterocycles. The number of nitrogens with zero attached hydrogens (tertiary/aromatic N) is 1. The molecule has 0 saturated carbocycles. The van der Waals surface area contributed by atoms with Crippen LogP contribution in [0.4, 0.5) is 10.5 Å². The van der Waals surface area contributed by atoms with Crippen LogP contribution >= 0.6 is 0 Å². The lowest BCUT2D eigenvalue weighted by atomic mass is 9.93. The average Bonchev–Trinajstić information content (AvgIpc) is 3.32. The minimum atomic E-state index is -3.60. The van der Waals surface area contributed by atoms with Gasteiger partial charge in [0, 0.05) is 12.2 Å². The van der Waals surface area contributed by atoms with Crippen molar-refractivity contribution in [1.29, 1.82) is 0 Å². The van der Waals surface area contributed by atoms with E-state index >= 15 is 0 Å². The molecule has 0 radical (unpaired) electrons. The third-order valence-electron chi connectivity index (χ3n) is 5.69. The number of hydrogen-bond acceptors (Lipinski definition) is 5. The number of hydrogen-bond donors (Lipinski definition) is 1. The summed E-state index contributed by atoms with van der Waals surface area (Å²) in [5.74, 6) is 1.28. The van der Waals surface area contributed by atoms with Crippen LogP contribution in [0.1, 0.15) is 68.9 Å². The van der Waals surface area contributed by atoms with Crippen LogP contribution in [0, 0.1) is 0 Å². The Morgan fingerprint density at radius 2 is 1.57 bits per heavy atom. The summed E-state index contributed by atoms with van der Waals surface area (Å²) in [6.45, 7) is 10.5. The highest BCUT2D eigenvalue weighted by molar-refractivity contribution is 7.87. The minimum Gasteiger partial charge on any atom is -0.467 e. The van der Waals surface area contributed by atoms with Gasteiger partial charge in [-0.15, -0.1) is 0 Å². The van der Waals surface area contributed by atoms with E-state index in [0.717, 1.165) is 22.4 Å². The molecule has 0 aliphatic rings. The first-order chi connectivity index (χ1) is 16.6. The first kappa shape index (κ1) is 26.3. The molecule has 35 heavy (non-hydrogen) atoms. The number of amides is 2. The number of urea groups is 1. The molecule has 2 aromatic carbocycles. The van der Waals surface area contributed by atoms with E-state index in [4.69, 9.17) is 8.60 Å². The van der Waals surface area contributed by atoms with Crippen LogP contribution in [0.15, 0.2) is 65.3 Å². The summed E-state index contributed by atoms with van der Waals surface area (Å²) < 4.78 is 34.0. The van der Waals surface area contributed by atoms with Crippen LogP contribution in [0.5, 0.6) is 5.75 Å². The number of rotatable bonds is 10. The zero-order chi connectivity index (χ0) is 25.6. The van der Waals surface area contributed by atoms with Crippen LogP contribution in [-0.2, 0) is 23.2 Å². The lowest BCUT2D eigenvalue weighted by molar-refractivity contribution is 0.201. The SMILES string of the molecule is CCS(=O)(=O)Oc1ccc(CN(Cc2ccco2)C(=O)Nc2c(C(C)C)cccc2C(C)C)cc1. The quantitative estimate of drug-likeness (QED) is 0.323. The topological polar surface area (TPSA) is 88.9 Å². The number of benzene rings is 2. The Kier molecular flexibility index (Phi) is 8.62. The summed E-state index contributed by atoms with van der Waals surface area (Å²) in [7, 11) is -3.60. The minimum absolute atomic E-state index is 0.109. The number of furan rings is 1. The molecule has 3 aromatic rings. The fourth-order valence-corrected chi connectivity index (χ4v) is 4.27. The number of para-hydroxylation sites is 1. The van der Waals surface area contributed by atoms with Crippen LogP contribution in [-0.4, -0.2) is 25.1 Å². The van der Waals surface area contributed by atoms with E-state index < -0.39 is 10.1 Å². The summed E-state index contributed by atoms with van der Waals surface area (Å²) in [6.07, 6.45) is 1.58. The van der Waals surface area contributed by atoms with Gasteiger partial charge in [-0.1, -0.05) is 58.0 Å². The Labute approximate surface area is 208 Å². The second kappa shape index (κ2) is 11.4. The fourth-order valence-electron chi connectivity index (χ4n) is 3.75. The van der Waals surface area contributed by atoms with Gasteiger partial charge in [0.1, 0.15) is 11.5 Å². The molecule has 0 atom stereocenters. The Hall–Kier alpha value is -3.26. The third-order valence-corrected chi connectivity index (χ3v) is 6.85. The van der Waals surface area contributed by atoms with Gasteiger partial charge in [-0.05, 0) is 59.7 Å². The van der Waals surface area contributed by atoms with Crippen molar-refractivity contribution in [2.24, 2.45) is 0 Å². The van der Waals surface area contributed by atoms with Crippen LogP contribution in [0.2, 0.25) is 0 Å². The van der Waals surface area contributed by atoms with Crippen molar-refractivity contribution in [3.8, 4) is 5.75 Å². The Balaban J connectivity index is 1.86. The Bertz CT molecular complexity index is 1190. The molecule has 188 valence electrons. The summed E-state index contributed by atoms with van der Waals surface area (Å²) in [6, 6.07) is 16.2. The maximum atomic E-state index is 13.6. The molecule has 1 N–H and O–H groups in total. The van der Waals surface area contributed by atoms with Crippen molar-refractivity contribution in [3.63, 3.8) is 0 Å². The van der Waals surface area contributed by atoms with Gasteiger partial charge in [0.2, 0.25) is 0 Å². The number of anilines is 1. The van der Waals surface area contributed by atoms with E-state index in [-0.39, 0.29) is 35.9 Å². The molecule has 7 nitrogen and oxygen atoms in total. The van der Waals surface area contributed by atoms with Crippen molar-refractivity contribution in [2.75, 3.05) is 11.1 Å². The van der Waals surface area contributed by atoms with Crippen molar-refractivity contribution in [3.05, 3.63) is 83.3 Å². The molecule has 0 aliphatic carbocycles. The van der Waals surface area contributed by atoms with Gasteiger partial charge in [-0.25, -0.2) is 4.79 Å². The Morgan fingerprint density at radius 3 is 2.09 bits per heavy atom. The number of carbonyl (C=O) groups excluding carboxylic acids is 1. The summed E-state index contributed by atoms with van der Waals surface area (Å²) in [4.78, 5) is 15.2. The van der Waals surface area contributed by atoms with E-state index in [1.165, 1.54) is 6.92 Å². The van der Waals surface area contributed by atoms with E-state index in [1.807, 2.05) is 24.3 Å². The third kappa shape index (κ3) is 7.11. The second-order valence-corrected chi connectivity index (χ2v) is 10.9. The Morgan fingerprint density at radius 1 is 0.943 bits per heavy atom. The maximum Gasteiger partial charge on any atom is 0.322 e. The van der Waals surface area contributed by atoms with Crippen LogP contribution in [0.25, 0.3) is 0 Å².